The Hall–Kier alpha value is -0.700. The van der Waals surface area contributed by atoms with Crippen LogP contribution in [-0.4, -0.2) is 22.3 Å². The maximum Gasteiger partial charge on any atom is 0.139 e. The topological polar surface area (TPSA) is 54.4 Å². The van der Waals surface area contributed by atoms with Gasteiger partial charge in [-0.05, 0) is 43.9 Å². The van der Waals surface area contributed by atoms with Crippen molar-refractivity contribution < 1.29 is 14.7 Å². The van der Waals surface area contributed by atoms with E-state index in [9.17, 15) is 14.7 Å². The van der Waals surface area contributed by atoms with Crippen molar-refractivity contribution in [3.63, 3.8) is 0 Å². The molecule has 3 nitrogen and oxygen atoms in total. The summed E-state index contributed by atoms with van der Waals surface area (Å²) in [5.41, 5.74) is -1.19. The van der Waals surface area contributed by atoms with Crippen molar-refractivity contribution in [3.8, 4) is 0 Å². The first-order valence-electron chi connectivity index (χ1n) is 9.10. The Labute approximate surface area is 132 Å². The maximum atomic E-state index is 13.0. The predicted molar refractivity (Wildman–Crippen MR) is 83.2 cm³/mol. The minimum atomic E-state index is -0.792. The molecule has 1 N–H and O–H groups in total. The lowest BCUT2D eigenvalue weighted by atomic mass is 9.43. The summed E-state index contributed by atoms with van der Waals surface area (Å²) in [5, 5.41) is 11.2. The molecule has 0 aliphatic heterocycles. The van der Waals surface area contributed by atoms with E-state index >= 15 is 0 Å². The van der Waals surface area contributed by atoms with Gasteiger partial charge < -0.3 is 5.11 Å². The summed E-state index contributed by atoms with van der Waals surface area (Å²) in [7, 11) is 0. The molecular formula is C19H28O3. The number of aliphatic hydroxyl groups is 1. The molecule has 0 heterocycles. The van der Waals surface area contributed by atoms with Crippen molar-refractivity contribution in [2.45, 2.75) is 77.2 Å². The summed E-state index contributed by atoms with van der Waals surface area (Å²) >= 11 is 0. The van der Waals surface area contributed by atoms with Crippen LogP contribution in [0.4, 0.5) is 0 Å². The van der Waals surface area contributed by atoms with Crippen LogP contribution in [0, 0.1) is 28.6 Å². The monoisotopic (exact) mass is 304 g/mol. The van der Waals surface area contributed by atoms with E-state index in [2.05, 4.69) is 13.8 Å². The summed E-state index contributed by atoms with van der Waals surface area (Å²) in [5.74, 6) is 1.15. The number of fused-ring (bicyclic) bond motifs is 5. The van der Waals surface area contributed by atoms with E-state index in [0.717, 1.165) is 44.9 Å². The fourth-order valence-electron chi connectivity index (χ4n) is 6.73. The molecule has 0 spiro atoms. The molecule has 6 atom stereocenters. The highest BCUT2D eigenvalue weighted by Gasteiger charge is 2.66. The molecule has 0 aromatic heterocycles. The minimum absolute atomic E-state index is 0.0218. The van der Waals surface area contributed by atoms with E-state index in [0.29, 0.717) is 18.6 Å². The van der Waals surface area contributed by atoms with Crippen LogP contribution in [0.15, 0.2) is 0 Å². The van der Waals surface area contributed by atoms with Crippen molar-refractivity contribution in [3.05, 3.63) is 0 Å². The number of rotatable bonds is 0. The Morgan fingerprint density at radius 1 is 1.00 bits per heavy atom. The fourth-order valence-corrected chi connectivity index (χ4v) is 6.73. The van der Waals surface area contributed by atoms with Crippen LogP contribution >= 0.6 is 0 Å². The Bertz CT molecular complexity index is 541. The summed E-state index contributed by atoms with van der Waals surface area (Å²) in [4.78, 5) is 25.3. The Balaban J connectivity index is 1.76. The molecule has 22 heavy (non-hydrogen) atoms. The van der Waals surface area contributed by atoms with Gasteiger partial charge in [-0.25, -0.2) is 0 Å². The maximum absolute atomic E-state index is 13.0. The van der Waals surface area contributed by atoms with Gasteiger partial charge in [0.05, 0.1) is 5.60 Å². The van der Waals surface area contributed by atoms with Gasteiger partial charge in [0.1, 0.15) is 11.6 Å². The zero-order chi connectivity index (χ0) is 15.8. The minimum Gasteiger partial charge on any atom is -0.389 e. The first-order valence-corrected chi connectivity index (χ1v) is 9.10. The van der Waals surface area contributed by atoms with Gasteiger partial charge in [-0.2, -0.15) is 0 Å². The molecule has 4 fully saturated rings. The highest BCUT2D eigenvalue weighted by molar-refractivity contribution is 5.91. The third-order valence-corrected chi connectivity index (χ3v) is 8.24. The quantitative estimate of drug-likeness (QED) is 0.747. The summed E-state index contributed by atoms with van der Waals surface area (Å²) in [6.07, 6.45) is 7.73. The predicted octanol–water partition coefficient (Wildman–Crippen LogP) is 3.28. The molecule has 0 aromatic carbocycles. The molecule has 0 radical (unpaired) electrons. The second-order valence-electron chi connectivity index (χ2n) is 8.96. The van der Waals surface area contributed by atoms with Crippen molar-refractivity contribution in [2.75, 3.05) is 0 Å². The van der Waals surface area contributed by atoms with Crippen LogP contribution in [0.5, 0.6) is 0 Å². The summed E-state index contributed by atoms with van der Waals surface area (Å²) < 4.78 is 0. The van der Waals surface area contributed by atoms with E-state index in [1.54, 1.807) is 0 Å². The van der Waals surface area contributed by atoms with Gasteiger partial charge in [0.2, 0.25) is 0 Å². The van der Waals surface area contributed by atoms with Gasteiger partial charge >= 0.3 is 0 Å². The first kappa shape index (κ1) is 14.9. The van der Waals surface area contributed by atoms with Gasteiger partial charge in [-0.1, -0.05) is 26.7 Å². The molecule has 0 amide bonds. The van der Waals surface area contributed by atoms with Crippen LogP contribution in [0.25, 0.3) is 0 Å². The number of hydrogen-bond donors (Lipinski definition) is 1. The molecule has 4 aliphatic carbocycles. The zero-order valence-electron chi connectivity index (χ0n) is 13.9. The second kappa shape index (κ2) is 4.43. The molecule has 0 saturated heterocycles. The lowest BCUT2D eigenvalue weighted by Gasteiger charge is -2.61. The van der Waals surface area contributed by atoms with Crippen molar-refractivity contribution in [2.24, 2.45) is 28.6 Å². The molecule has 0 bridgehead atoms. The van der Waals surface area contributed by atoms with Crippen LogP contribution in [0.1, 0.15) is 71.6 Å². The number of carbonyl (C=O) groups is 2. The number of carbonyl (C=O) groups excluding carboxylic acids is 2. The summed E-state index contributed by atoms with van der Waals surface area (Å²) in [6.45, 7) is 4.33. The third kappa shape index (κ3) is 1.61. The lowest BCUT2D eigenvalue weighted by molar-refractivity contribution is -0.201. The SMILES string of the molecule is CC12CCC3C(C(=O)C[C@@]4(O)CCCCC34C)C1CCC2=O. The first-order chi connectivity index (χ1) is 10.3. The van der Waals surface area contributed by atoms with Gasteiger partial charge in [0.15, 0.2) is 0 Å². The standard InChI is InChI=1S/C19H28O3/c1-17-10-7-13-16(12(17)5-6-15(17)21)14(20)11-19(22)9-4-3-8-18(13,19)2/h12-13,16,22H,3-11H2,1-2H3/t12?,13?,16?,17?,18?,19-/m0/s1. The average molecular weight is 304 g/mol. The van der Waals surface area contributed by atoms with Gasteiger partial charge in [0.25, 0.3) is 0 Å². The van der Waals surface area contributed by atoms with E-state index in [4.69, 9.17) is 0 Å². The molecule has 0 aromatic rings. The third-order valence-electron chi connectivity index (χ3n) is 8.24. The second-order valence-corrected chi connectivity index (χ2v) is 8.96. The van der Waals surface area contributed by atoms with E-state index in [1.165, 1.54) is 0 Å². The molecule has 5 unspecified atom stereocenters. The van der Waals surface area contributed by atoms with Crippen molar-refractivity contribution in [1.29, 1.82) is 0 Å². The van der Waals surface area contributed by atoms with Crippen molar-refractivity contribution in [1.82, 2.24) is 0 Å². The molecule has 3 heteroatoms. The molecule has 4 aliphatic rings. The molecule has 4 rings (SSSR count). The fraction of sp³-hybridized carbons (Fsp3) is 0.895. The largest absolute Gasteiger partial charge is 0.389 e. The average Bonchev–Trinajstić information content (AvgIpc) is 2.76. The number of ketones is 2. The number of hydrogen-bond acceptors (Lipinski definition) is 3. The molecule has 4 saturated carbocycles. The van der Waals surface area contributed by atoms with E-state index in [1.807, 2.05) is 0 Å². The molecule has 122 valence electrons. The van der Waals surface area contributed by atoms with Crippen LogP contribution in [-0.2, 0) is 9.59 Å². The van der Waals surface area contributed by atoms with Crippen LogP contribution in [0.2, 0.25) is 0 Å². The Morgan fingerprint density at radius 2 is 1.73 bits per heavy atom. The van der Waals surface area contributed by atoms with E-state index < -0.39 is 5.60 Å². The number of Topliss-reactive ketones (excluding diaryl/α,β-unsaturated/α-hetero) is 2. The van der Waals surface area contributed by atoms with E-state index in [-0.39, 0.29) is 34.4 Å². The summed E-state index contributed by atoms with van der Waals surface area (Å²) in [6, 6.07) is 0. The Kier molecular flexibility index (Phi) is 3.00. The zero-order valence-corrected chi connectivity index (χ0v) is 13.9. The van der Waals surface area contributed by atoms with Gasteiger partial charge in [-0.15, -0.1) is 0 Å². The van der Waals surface area contributed by atoms with Gasteiger partial charge in [-0.3, -0.25) is 9.59 Å². The lowest BCUT2D eigenvalue weighted by Crippen LogP contribution is -2.64. The van der Waals surface area contributed by atoms with Gasteiger partial charge in [0, 0.05) is 29.6 Å². The van der Waals surface area contributed by atoms with Crippen LogP contribution < -0.4 is 0 Å². The van der Waals surface area contributed by atoms with Crippen molar-refractivity contribution >= 4 is 11.6 Å². The highest BCUT2D eigenvalue weighted by Crippen LogP contribution is 2.65. The smallest absolute Gasteiger partial charge is 0.139 e. The highest BCUT2D eigenvalue weighted by atomic mass is 16.3. The Morgan fingerprint density at radius 3 is 2.50 bits per heavy atom. The molecular weight excluding hydrogens is 276 g/mol. The van der Waals surface area contributed by atoms with Crippen LogP contribution in [0.3, 0.4) is 0 Å². The normalized spacial score (nSPS) is 54.6.